The molecule has 29 heavy (non-hydrogen) atoms. The molecule has 2 aromatic heterocycles. The average molecular weight is 427 g/mol. The number of aryl methyl sites for hydroxylation is 1. The third-order valence-electron chi connectivity index (χ3n) is 4.21. The van der Waals surface area contributed by atoms with E-state index < -0.39 is 0 Å². The van der Waals surface area contributed by atoms with Gasteiger partial charge in [-0.25, -0.2) is 9.37 Å². The lowest BCUT2D eigenvalue weighted by molar-refractivity contribution is 0.305. The van der Waals surface area contributed by atoms with Gasteiger partial charge in [0.25, 0.3) is 0 Å². The Labute approximate surface area is 176 Å². The topological polar surface area (TPSA) is 52.8 Å². The zero-order chi connectivity index (χ0) is 20.1. The molecule has 0 saturated carbocycles. The summed E-state index contributed by atoms with van der Waals surface area (Å²) in [5, 5.41) is 12.3. The van der Waals surface area contributed by atoms with Gasteiger partial charge in [-0.05, 0) is 36.8 Å². The van der Waals surface area contributed by atoms with Crippen LogP contribution in [0.2, 0.25) is 0 Å². The van der Waals surface area contributed by atoms with Crippen molar-refractivity contribution in [2.75, 3.05) is 0 Å². The van der Waals surface area contributed by atoms with E-state index >= 15 is 0 Å². The van der Waals surface area contributed by atoms with Gasteiger partial charge in [0.1, 0.15) is 29.0 Å². The summed E-state index contributed by atoms with van der Waals surface area (Å²) in [7, 11) is 0. The highest BCUT2D eigenvalue weighted by Gasteiger charge is 2.12. The molecule has 4 aromatic rings. The summed E-state index contributed by atoms with van der Waals surface area (Å²) in [6.45, 7) is 3.08. The summed E-state index contributed by atoms with van der Waals surface area (Å²) in [5.74, 6) is 1.95. The zero-order valence-electron chi connectivity index (χ0n) is 15.8. The number of hydrogen-bond donors (Lipinski definition) is 0. The van der Waals surface area contributed by atoms with Gasteiger partial charge >= 0.3 is 0 Å². The lowest BCUT2D eigenvalue weighted by Crippen LogP contribution is -2.04. The van der Waals surface area contributed by atoms with Gasteiger partial charge in [0, 0.05) is 11.1 Å². The van der Waals surface area contributed by atoms with Crippen molar-refractivity contribution in [2.24, 2.45) is 0 Å². The van der Waals surface area contributed by atoms with Crippen LogP contribution in [-0.2, 0) is 18.9 Å². The first kappa shape index (κ1) is 19.6. The molecule has 0 unspecified atom stereocenters. The highest BCUT2D eigenvalue weighted by atomic mass is 32.2. The van der Waals surface area contributed by atoms with Crippen LogP contribution in [0.5, 0.6) is 5.75 Å². The minimum atomic E-state index is -0.277. The summed E-state index contributed by atoms with van der Waals surface area (Å²) in [6, 6.07) is 16.3. The second-order valence-electron chi connectivity index (χ2n) is 6.37. The summed E-state index contributed by atoms with van der Waals surface area (Å²) < 4.78 is 20.7. The van der Waals surface area contributed by atoms with E-state index in [1.165, 1.54) is 17.7 Å². The smallest absolute Gasteiger partial charge is 0.191 e. The number of benzene rings is 2. The Bertz CT molecular complexity index is 1060. The largest absolute Gasteiger partial charge is 0.486 e. The van der Waals surface area contributed by atoms with Crippen LogP contribution >= 0.6 is 23.1 Å². The third kappa shape index (κ3) is 5.21. The Morgan fingerprint density at radius 3 is 2.66 bits per heavy atom. The highest BCUT2D eigenvalue weighted by Crippen LogP contribution is 2.24. The fourth-order valence-electron chi connectivity index (χ4n) is 2.71. The van der Waals surface area contributed by atoms with Crippen LogP contribution in [0.3, 0.4) is 0 Å². The van der Waals surface area contributed by atoms with Gasteiger partial charge in [-0.1, -0.05) is 42.1 Å². The molecular weight excluding hydrogens is 407 g/mol. The molecule has 0 bridgehead atoms. The number of aromatic nitrogens is 4. The molecule has 4 rings (SSSR count). The van der Waals surface area contributed by atoms with Gasteiger partial charge in [0.05, 0.1) is 12.2 Å². The number of thiazole rings is 1. The third-order valence-corrected chi connectivity index (χ3v) is 6.08. The number of ether oxygens (including phenoxy) is 1. The average Bonchev–Trinajstić information content (AvgIpc) is 3.34. The normalized spacial score (nSPS) is 11.0. The predicted molar refractivity (Wildman–Crippen MR) is 113 cm³/mol. The maximum absolute atomic E-state index is 13.0. The second kappa shape index (κ2) is 9.19. The van der Waals surface area contributed by atoms with E-state index in [1.54, 1.807) is 35.2 Å². The van der Waals surface area contributed by atoms with Gasteiger partial charge in [-0.2, -0.15) is 0 Å². The van der Waals surface area contributed by atoms with Gasteiger partial charge < -0.3 is 9.30 Å². The first-order valence-corrected chi connectivity index (χ1v) is 10.9. The molecule has 0 fully saturated rings. The standard InChI is InChI=1S/C21H19FN4OS2/c1-15-24-25-21(26(15)11-16-5-3-2-4-6-16)29-14-18-13-28-20(23-18)12-27-19-9-7-17(22)8-10-19/h2-10,13H,11-12,14H2,1H3. The second-order valence-corrected chi connectivity index (χ2v) is 8.25. The minimum absolute atomic E-state index is 0.277. The van der Waals surface area contributed by atoms with Crippen molar-refractivity contribution in [3.05, 3.63) is 87.9 Å². The molecular formula is C21H19FN4OS2. The van der Waals surface area contributed by atoms with E-state index in [4.69, 9.17) is 4.74 Å². The number of halogens is 1. The molecule has 0 aliphatic rings. The van der Waals surface area contributed by atoms with Gasteiger partial charge in [0.2, 0.25) is 0 Å². The molecule has 0 amide bonds. The van der Waals surface area contributed by atoms with Crippen LogP contribution in [0, 0.1) is 12.7 Å². The minimum Gasteiger partial charge on any atom is -0.486 e. The monoisotopic (exact) mass is 426 g/mol. The molecule has 2 heterocycles. The Kier molecular flexibility index (Phi) is 6.21. The molecule has 0 atom stereocenters. The summed E-state index contributed by atoms with van der Waals surface area (Å²) in [4.78, 5) is 4.62. The van der Waals surface area contributed by atoms with E-state index in [2.05, 4.69) is 31.9 Å². The van der Waals surface area contributed by atoms with Gasteiger partial charge in [-0.15, -0.1) is 21.5 Å². The zero-order valence-corrected chi connectivity index (χ0v) is 17.4. The van der Waals surface area contributed by atoms with Crippen molar-refractivity contribution in [3.8, 4) is 5.75 Å². The molecule has 0 radical (unpaired) electrons. The fraction of sp³-hybridized carbons (Fsp3) is 0.190. The molecule has 0 aliphatic carbocycles. The van der Waals surface area contributed by atoms with E-state index in [9.17, 15) is 4.39 Å². The Hall–Kier alpha value is -2.71. The summed E-state index contributed by atoms with van der Waals surface area (Å²) in [6.07, 6.45) is 0. The van der Waals surface area contributed by atoms with Gasteiger partial charge in [-0.3, -0.25) is 0 Å². The maximum Gasteiger partial charge on any atom is 0.191 e. The van der Waals surface area contributed by atoms with E-state index in [0.29, 0.717) is 18.1 Å². The number of nitrogens with zero attached hydrogens (tertiary/aromatic N) is 4. The first-order valence-electron chi connectivity index (χ1n) is 9.05. The summed E-state index contributed by atoms with van der Waals surface area (Å²) >= 11 is 3.17. The molecule has 0 aliphatic heterocycles. The van der Waals surface area contributed by atoms with Crippen molar-refractivity contribution in [2.45, 2.75) is 31.0 Å². The van der Waals surface area contributed by atoms with Crippen LogP contribution < -0.4 is 4.74 Å². The molecule has 5 nitrogen and oxygen atoms in total. The molecule has 148 valence electrons. The predicted octanol–water partition coefficient (Wildman–Crippen LogP) is 5.10. The number of rotatable bonds is 8. The number of thioether (sulfide) groups is 1. The SMILES string of the molecule is Cc1nnc(SCc2csc(COc3ccc(F)cc3)n2)n1Cc1ccccc1. The van der Waals surface area contributed by atoms with Crippen LogP contribution in [0.25, 0.3) is 0 Å². The van der Waals surface area contributed by atoms with Crippen molar-refractivity contribution in [3.63, 3.8) is 0 Å². The summed E-state index contributed by atoms with van der Waals surface area (Å²) in [5.41, 5.74) is 2.19. The Morgan fingerprint density at radius 2 is 1.86 bits per heavy atom. The van der Waals surface area contributed by atoms with Crippen LogP contribution in [-0.4, -0.2) is 19.7 Å². The van der Waals surface area contributed by atoms with E-state index in [1.807, 2.05) is 30.5 Å². The maximum atomic E-state index is 13.0. The van der Waals surface area contributed by atoms with E-state index in [0.717, 1.165) is 28.2 Å². The fourth-order valence-corrected chi connectivity index (χ4v) is 4.40. The highest BCUT2D eigenvalue weighted by molar-refractivity contribution is 7.98. The van der Waals surface area contributed by atoms with Crippen molar-refractivity contribution in [1.29, 1.82) is 0 Å². The number of hydrogen-bond acceptors (Lipinski definition) is 6. The van der Waals surface area contributed by atoms with Crippen LogP contribution in [0.15, 0.2) is 65.1 Å². The quantitative estimate of drug-likeness (QED) is 0.367. The molecule has 0 N–H and O–H groups in total. The van der Waals surface area contributed by atoms with Crippen molar-refractivity contribution >= 4 is 23.1 Å². The van der Waals surface area contributed by atoms with Crippen LogP contribution in [0.4, 0.5) is 4.39 Å². The molecule has 0 saturated heterocycles. The van der Waals surface area contributed by atoms with E-state index in [-0.39, 0.29) is 5.82 Å². The van der Waals surface area contributed by atoms with Crippen molar-refractivity contribution in [1.82, 2.24) is 19.7 Å². The lowest BCUT2D eigenvalue weighted by Gasteiger charge is -2.08. The Balaban J connectivity index is 1.35. The molecule has 0 spiro atoms. The van der Waals surface area contributed by atoms with Gasteiger partial charge in [0.15, 0.2) is 5.16 Å². The van der Waals surface area contributed by atoms with Crippen molar-refractivity contribution < 1.29 is 9.13 Å². The first-order chi connectivity index (χ1) is 14.2. The molecule has 8 heteroatoms. The molecule has 2 aromatic carbocycles. The Morgan fingerprint density at radius 1 is 1.07 bits per heavy atom. The van der Waals surface area contributed by atoms with Crippen LogP contribution in [0.1, 0.15) is 22.1 Å². The lowest BCUT2D eigenvalue weighted by atomic mass is 10.2.